The van der Waals surface area contributed by atoms with Crippen molar-refractivity contribution >= 4 is 11.8 Å². The number of rotatable bonds is 4. The summed E-state index contributed by atoms with van der Waals surface area (Å²) in [6.45, 7) is 4.27. The fraction of sp³-hybridized carbons (Fsp3) is 0.438. The average Bonchev–Trinajstić information content (AvgIpc) is 2.56. The normalized spacial score (nSPS) is 18.6. The first-order valence-electron chi connectivity index (χ1n) is 7.40. The van der Waals surface area contributed by atoms with Gasteiger partial charge in [-0.05, 0) is 44.0 Å². The maximum absolute atomic E-state index is 4.80. The van der Waals surface area contributed by atoms with Crippen LogP contribution < -0.4 is 5.32 Å². The van der Waals surface area contributed by atoms with Gasteiger partial charge < -0.3 is 5.32 Å². The second-order valence-electron chi connectivity index (χ2n) is 5.37. The van der Waals surface area contributed by atoms with E-state index in [1.54, 1.807) is 11.8 Å². The molecule has 5 heteroatoms. The van der Waals surface area contributed by atoms with Gasteiger partial charge in [0.2, 0.25) is 0 Å². The Morgan fingerprint density at radius 2 is 2.29 bits per heavy atom. The van der Waals surface area contributed by atoms with Crippen LogP contribution >= 0.6 is 11.8 Å². The third kappa shape index (κ3) is 3.80. The number of hydrogen-bond donors (Lipinski definition) is 1. The quantitative estimate of drug-likeness (QED) is 0.695. The molecule has 3 rings (SSSR count). The van der Waals surface area contributed by atoms with Crippen LogP contribution in [0.15, 0.2) is 35.7 Å². The van der Waals surface area contributed by atoms with E-state index in [0.717, 1.165) is 29.7 Å². The molecule has 0 bridgehead atoms. The van der Waals surface area contributed by atoms with Crippen molar-refractivity contribution in [1.82, 2.24) is 20.3 Å². The van der Waals surface area contributed by atoms with Crippen molar-refractivity contribution in [2.45, 2.75) is 36.6 Å². The Morgan fingerprint density at radius 3 is 3.05 bits per heavy atom. The lowest BCUT2D eigenvalue weighted by atomic mass is 9.94. The molecule has 3 heterocycles. The van der Waals surface area contributed by atoms with Gasteiger partial charge in [0.05, 0.1) is 11.4 Å². The molecular formula is C16H20N4S. The standard InChI is InChI=1S/C16H20N4S/c1-12-9-19-16(21-11-14-6-2-3-8-18-14)20-15(12)13-5-4-7-17-10-13/h2-3,6,8-9,13,17H,4-5,7,10-11H2,1H3. The molecule has 1 N–H and O–H groups in total. The topological polar surface area (TPSA) is 50.7 Å². The predicted molar refractivity (Wildman–Crippen MR) is 85.4 cm³/mol. The van der Waals surface area contributed by atoms with Crippen LogP contribution in [0.4, 0.5) is 0 Å². The highest BCUT2D eigenvalue weighted by Gasteiger charge is 2.19. The molecule has 0 aromatic carbocycles. The van der Waals surface area contributed by atoms with Crippen molar-refractivity contribution in [2.75, 3.05) is 13.1 Å². The van der Waals surface area contributed by atoms with Crippen molar-refractivity contribution in [1.29, 1.82) is 0 Å². The van der Waals surface area contributed by atoms with Crippen molar-refractivity contribution < 1.29 is 0 Å². The van der Waals surface area contributed by atoms with Crippen LogP contribution in [-0.2, 0) is 5.75 Å². The third-order valence-corrected chi connectivity index (χ3v) is 4.64. The Hall–Kier alpha value is -1.46. The zero-order valence-electron chi connectivity index (χ0n) is 12.2. The number of nitrogens with zero attached hydrogens (tertiary/aromatic N) is 3. The minimum absolute atomic E-state index is 0.524. The number of aromatic nitrogens is 3. The second-order valence-corrected chi connectivity index (χ2v) is 6.32. The van der Waals surface area contributed by atoms with Crippen LogP contribution in [0.3, 0.4) is 0 Å². The zero-order valence-corrected chi connectivity index (χ0v) is 13.1. The van der Waals surface area contributed by atoms with E-state index in [1.807, 2.05) is 30.6 Å². The molecule has 1 aliphatic heterocycles. The van der Waals surface area contributed by atoms with Crippen molar-refractivity contribution in [3.8, 4) is 0 Å². The van der Waals surface area contributed by atoms with Gasteiger partial charge in [0.25, 0.3) is 0 Å². The van der Waals surface area contributed by atoms with Gasteiger partial charge in [-0.1, -0.05) is 17.8 Å². The fourth-order valence-corrected chi connectivity index (χ4v) is 3.37. The molecule has 0 aliphatic carbocycles. The summed E-state index contributed by atoms with van der Waals surface area (Å²) < 4.78 is 0. The molecule has 1 fully saturated rings. The lowest BCUT2D eigenvalue weighted by Gasteiger charge is -2.23. The predicted octanol–water partition coefficient (Wildman–Crippen LogP) is 2.94. The van der Waals surface area contributed by atoms with Crippen LogP contribution in [0.2, 0.25) is 0 Å². The van der Waals surface area contributed by atoms with Gasteiger partial charge in [0.1, 0.15) is 0 Å². The molecule has 2 aromatic heterocycles. The third-order valence-electron chi connectivity index (χ3n) is 3.75. The first kappa shape index (κ1) is 14.5. The molecule has 0 saturated carbocycles. The van der Waals surface area contributed by atoms with E-state index in [4.69, 9.17) is 4.98 Å². The first-order chi connectivity index (χ1) is 10.3. The fourth-order valence-electron chi connectivity index (χ4n) is 2.63. The van der Waals surface area contributed by atoms with Crippen LogP contribution in [-0.4, -0.2) is 28.0 Å². The smallest absolute Gasteiger partial charge is 0.188 e. The molecule has 0 radical (unpaired) electrons. The summed E-state index contributed by atoms with van der Waals surface area (Å²) in [5, 5.41) is 4.31. The molecule has 4 nitrogen and oxygen atoms in total. The van der Waals surface area contributed by atoms with Crippen LogP contribution in [0.5, 0.6) is 0 Å². The zero-order chi connectivity index (χ0) is 14.5. The summed E-state index contributed by atoms with van der Waals surface area (Å²) >= 11 is 1.66. The number of piperidine rings is 1. The average molecular weight is 300 g/mol. The van der Waals surface area contributed by atoms with Gasteiger partial charge in [-0.25, -0.2) is 9.97 Å². The minimum atomic E-state index is 0.524. The van der Waals surface area contributed by atoms with Crippen LogP contribution in [0.1, 0.15) is 35.7 Å². The van der Waals surface area contributed by atoms with E-state index >= 15 is 0 Å². The number of pyridine rings is 1. The van der Waals surface area contributed by atoms with Gasteiger partial charge >= 0.3 is 0 Å². The molecule has 0 amide bonds. The summed E-state index contributed by atoms with van der Waals surface area (Å²) in [6, 6.07) is 5.98. The van der Waals surface area contributed by atoms with Gasteiger partial charge in [0, 0.05) is 30.6 Å². The number of hydrogen-bond acceptors (Lipinski definition) is 5. The Labute approximate surface area is 129 Å². The minimum Gasteiger partial charge on any atom is -0.316 e. The summed E-state index contributed by atoms with van der Waals surface area (Å²) in [5.74, 6) is 1.34. The van der Waals surface area contributed by atoms with Gasteiger partial charge in [-0.2, -0.15) is 0 Å². The van der Waals surface area contributed by atoms with Gasteiger partial charge in [0.15, 0.2) is 5.16 Å². The molecule has 21 heavy (non-hydrogen) atoms. The molecule has 2 aromatic rings. The molecular weight excluding hydrogens is 280 g/mol. The van der Waals surface area contributed by atoms with Gasteiger partial charge in [-0.15, -0.1) is 0 Å². The maximum atomic E-state index is 4.80. The second kappa shape index (κ2) is 7.00. The summed E-state index contributed by atoms with van der Waals surface area (Å²) in [6.07, 6.45) is 6.22. The lowest BCUT2D eigenvalue weighted by molar-refractivity contribution is 0.450. The van der Waals surface area contributed by atoms with E-state index < -0.39 is 0 Å². The number of nitrogens with one attached hydrogen (secondary N) is 1. The highest BCUT2D eigenvalue weighted by Crippen LogP contribution is 2.26. The van der Waals surface area contributed by atoms with E-state index in [2.05, 4.69) is 22.2 Å². The van der Waals surface area contributed by atoms with Gasteiger partial charge in [-0.3, -0.25) is 4.98 Å². The van der Waals surface area contributed by atoms with Crippen LogP contribution in [0, 0.1) is 6.92 Å². The Kier molecular flexibility index (Phi) is 4.83. The summed E-state index contributed by atoms with van der Waals surface area (Å²) in [5.41, 5.74) is 3.47. The van der Waals surface area contributed by atoms with E-state index in [-0.39, 0.29) is 0 Å². The summed E-state index contributed by atoms with van der Waals surface area (Å²) in [7, 11) is 0. The van der Waals surface area contributed by atoms with Crippen molar-refractivity contribution in [2.24, 2.45) is 0 Å². The van der Waals surface area contributed by atoms with E-state index in [0.29, 0.717) is 5.92 Å². The van der Waals surface area contributed by atoms with E-state index in [9.17, 15) is 0 Å². The van der Waals surface area contributed by atoms with Crippen LogP contribution in [0.25, 0.3) is 0 Å². The number of aryl methyl sites for hydroxylation is 1. The summed E-state index contributed by atoms with van der Waals surface area (Å²) in [4.78, 5) is 13.6. The molecule has 1 aliphatic rings. The van der Waals surface area contributed by atoms with Crippen molar-refractivity contribution in [3.05, 3.63) is 47.5 Å². The Morgan fingerprint density at radius 1 is 1.33 bits per heavy atom. The molecule has 0 spiro atoms. The highest BCUT2D eigenvalue weighted by atomic mass is 32.2. The number of thioether (sulfide) groups is 1. The molecule has 1 unspecified atom stereocenters. The Bertz CT molecular complexity index is 582. The molecule has 110 valence electrons. The monoisotopic (exact) mass is 300 g/mol. The highest BCUT2D eigenvalue weighted by molar-refractivity contribution is 7.98. The SMILES string of the molecule is Cc1cnc(SCc2ccccn2)nc1C1CCCNC1. The van der Waals surface area contributed by atoms with Crippen molar-refractivity contribution in [3.63, 3.8) is 0 Å². The van der Waals surface area contributed by atoms with E-state index in [1.165, 1.54) is 24.1 Å². The lowest BCUT2D eigenvalue weighted by Crippen LogP contribution is -2.29. The largest absolute Gasteiger partial charge is 0.316 e. The maximum Gasteiger partial charge on any atom is 0.188 e. The molecule has 1 atom stereocenters. The Balaban J connectivity index is 1.71. The molecule has 1 saturated heterocycles. The first-order valence-corrected chi connectivity index (χ1v) is 8.38.